The number of benzene rings is 3. The van der Waals surface area contributed by atoms with Gasteiger partial charge in [-0.1, -0.05) is 42.5 Å². The zero-order chi connectivity index (χ0) is 25.5. The summed E-state index contributed by atoms with van der Waals surface area (Å²) in [6.45, 7) is 0. The molecule has 7 heteroatoms. The number of ketones is 1. The second-order valence-electron chi connectivity index (χ2n) is 8.36. The normalized spacial score (nSPS) is 13.5. The van der Waals surface area contributed by atoms with Gasteiger partial charge in [0.25, 0.3) is 0 Å². The number of carbonyl (C=O) groups excluding carboxylic acids is 1. The third kappa shape index (κ3) is 3.54. The van der Waals surface area contributed by atoms with E-state index in [4.69, 9.17) is 4.42 Å². The van der Waals surface area contributed by atoms with Crippen LogP contribution in [0.1, 0.15) is 21.6 Å². The first-order valence-electron chi connectivity index (χ1n) is 11.3. The van der Waals surface area contributed by atoms with E-state index in [-0.39, 0.29) is 22.7 Å². The number of hydrogen-bond donors (Lipinski definition) is 0. The van der Waals surface area contributed by atoms with Crippen molar-refractivity contribution in [2.45, 2.75) is 0 Å². The lowest BCUT2D eigenvalue weighted by Crippen LogP contribution is -2.00. The zero-order valence-electron chi connectivity index (χ0n) is 19.1. The summed E-state index contributed by atoms with van der Waals surface area (Å²) < 4.78 is 21.3. The van der Waals surface area contributed by atoms with E-state index in [1.54, 1.807) is 48.5 Å². The van der Waals surface area contributed by atoms with Gasteiger partial charge in [-0.25, -0.2) is 4.39 Å². The predicted molar refractivity (Wildman–Crippen MR) is 136 cm³/mol. The number of para-hydroxylation sites is 1. The number of hydrogen-bond acceptors (Lipinski definition) is 5. The van der Waals surface area contributed by atoms with Crippen LogP contribution in [0.2, 0.25) is 0 Å². The van der Waals surface area contributed by atoms with E-state index in [2.05, 4.69) is 4.98 Å². The highest BCUT2D eigenvalue weighted by molar-refractivity contribution is 6.29. The monoisotopic (exact) mass is 482 g/mol. The Morgan fingerprint density at radius 3 is 2.30 bits per heavy atom. The summed E-state index contributed by atoms with van der Waals surface area (Å²) in [5.74, 6) is -0.302. The Balaban J connectivity index is 1.59. The predicted octanol–water partition coefficient (Wildman–Crippen LogP) is 6.51. The summed E-state index contributed by atoms with van der Waals surface area (Å²) in [5, 5.41) is 19.3. The fraction of sp³-hybridized carbons (Fsp3) is 0. The molecule has 3 aromatic carbocycles. The number of oxazole rings is 1. The highest BCUT2D eigenvalue weighted by atomic mass is 19.1. The molecule has 0 aliphatic heterocycles. The van der Waals surface area contributed by atoms with Gasteiger partial charge in [-0.15, -0.1) is 0 Å². The molecule has 0 fully saturated rings. The summed E-state index contributed by atoms with van der Waals surface area (Å²) in [5.41, 5.74) is 4.35. The molecule has 0 bridgehead atoms. The molecule has 0 spiro atoms. The van der Waals surface area contributed by atoms with Gasteiger partial charge in [-0.2, -0.15) is 15.5 Å². The molecule has 0 radical (unpaired) electrons. The maximum atomic E-state index is 13.4. The van der Waals surface area contributed by atoms with Crippen LogP contribution in [0.5, 0.6) is 0 Å². The quantitative estimate of drug-likeness (QED) is 0.216. The summed E-state index contributed by atoms with van der Waals surface area (Å²) in [4.78, 5) is 18.1. The smallest absolute Gasteiger partial charge is 0.228 e. The van der Waals surface area contributed by atoms with E-state index in [0.717, 1.165) is 5.69 Å². The first kappa shape index (κ1) is 22.0. The molecule has 6 nitrogen and oxygen atoms in total. The van der Waals surface area contributed by atoms with Crippen LogP contribution in [0.3, 0.4) is 0 Å². The standard InChI is InChI=1S/C30H15FN4O2/c31-20-12-10-18(11-13-20)30-34-29-26(37-30)15-22(35(29)21-6-2-1-3-7-21)14-25-27(19(16-32)17-33)23-8-4-5-9-24(23)28(25)36/h1-15H/b25-14-. The molecule has 174 valence electrons. The molecular formula is C30H15FN4O2. The molecule has 0 N–H and O–H groups in total. The second kappa shape index (κ2) is 8.60. The number of allylic oxidation sites excluding steroid dienone is 3. The SMILES string of the molecule is N#CC(C#N)=C1/C(=C/c2cc3oc(-c4ccc(F)cc4)nc3n2-c2ccccc2)C(=O)c2ccccc21. The van der Waals surface area contributed by atoms with Crippen molar-refractivity contribution in [2.24, 2.45) is 0 Å². The van der Waals surface area contributed by atoms with E-state index in [1.165, 1.54) is 12.1 Å². The number of Topliss-reactive ketones (excluding diaryl/α,β-unsaturated/α-hetero) is 1. The Morgan fingerprint density at radius 1 is 0.919 bits per heavy atom. The Morgan fingerprint density at radius 2 is 1.59 bits per heavy atom. The zero-order valence-corrected chi connectivity index (χ0v) is 19.1. The summed E-state index contributed by atoms with van der Waals surface area (Å²) >= 11 is 0. The molecular weight excluding hydrogens is 467 g/mol. The Hall–Kier alpha value is -5.53. The van der Waals surface area contributed by atoms with Crippen molar-refractivity contribution in [1.82, 2.24) is 9.55 Å². The number of aromatic nitrogens is 2. The van der Waals surface area contributed by atoms with E-state index in [9.17, 15) is 19.7 Å². The molecule has 2 heterocycles. The van der Waals surface area contributed by atoms with E-state index < -0.39 is 0 Å². The van der Waals surface area contributed by atoms with Crippen LogP contribution < -0.4 is 0 Å². The fourth-order valence-corrected chi connectivity index (χ4v) is 4.56. The highest BCUT2D eigenvalue weighted by Gasteiger charge is 2.32. The number of nitriles is 2. The van der Waals surface area contributed by atoms with Gasteiger partial charge < -0.3 is 4.42 Å². The van der Waals surface area contributed by atoms with Crippen LogP contribution in [0.25, 0.3) is 40.0 Å². The molecule has 0 amide bonds. The Kier molecular flexibility index (Phi) is 5.11. The minimum atomic E-state index is -0.359. The molecule has 0 atom stereocenters. The van der Waals surface area contributed by atoms with Crippen molar-refractivity contribution in [3.05, 3.63) is 119 Å². The lowest BCUT2D eigenvalue weighted by Gasteiger charge is -2.08. The first-order chi connectivity index (χ1) is 18.1. The van der Waals surface area contributed by atoms with E-state index >= 15 is 0 Å². The third-order valence-electron chi connectivity index (χ3n) is 6.21. The van der Waals surface area contributed by atoms with Crippen molar-refractivity contribution in [3.63, 3.8) is 0 Å². The Labute approximate surface area is 210 Å². The molecule has 5 aromatic rings. The molecule has 1 aliphatic carbocycles. The summed E-state index contributed by atoms with van der Waals surface area (Å²) in [7, 11) is 0. The average Bonchev–Trinajstić information content (AvgIpc) is 3.56. The van der Waals surface area contributed by atoms with Gasteiger partial charge in [-0.3, -0.25) is 9.36 Å². The van der Waals surface area contributed by atoms with Gasteiger partial charge in [0.15, 0.2) is 17.0 Å². The van der Waals surface area contributed by atoms with E-state index in [0.29, 0.717) is 45.1 Å². The molecule has 0 saturated heterocycles. The van der Waals surface area contributed by atoms with Gasteiger partial charge in [-0.05, 0) is 48.0 Å². The largest absolute Gasteiger partial charge is 0.434 e. The molecule has 6 rings (SSSR count). The topological polar surface area (TPSA) is 95.6 Å². The maximum Gasteiger partial charge on any atom is 0.228 e. The lowest BCUT2D eigenvalue weighted by molar-refractivity contribution is 0.104. The first-order valence-corrected chi connectivity index (χ1v) is 11.3. The van der Waals surface area contributed by atoms with Gasteiger partial charge in [0, 0.05) is 34.0 Å². The van der Waals surface area contributed by atoms with Crippen LogP contribution in [-0.2, 0) is 0 Å². The van der Waals surface area contributed by atoms with Crippen LogP contribution in [0.15, 0.2) is 100 Å². The van der Waals surface area contributed by atoms with Gasteiger partial charge in [0.2, 0.25) is 5.89 Å². The van der Waals surface area contributed by atoms with Crippen molar-refractivity contribution in [2.75, 3.05) is 0 Å². The number of nitrogens with zero attached hydrogens (tertiary/aromatic N) is 4. The second-order valence-corrected chi connectivity index (χ2v) is 8.36. The van der Waals surface area contributed by atoms with Crippen LogP contribution in [0.4, 0.5) is 4.39 Å². The van der Waals surface area contributed by atoms with Crippen molar-refractivity contribution in [1.29, 1.82) is 10.5 Å². The average molecular weight is 482 g/mol. The lowest BCUT2D eigenvalue weighted by atomic mass is 9.99. The molecule has 1 aliphatic rings. The number of carbonyl (C=O) groups is 1. The van der Waals surface area contributed by atoms with Crippen LogP contribution in [0, 0.1) is 28.5 Å². The molecule has 37 heavy (non-hydrogen) atoms. The van der Waals surface area contributed by atoms with Crippen molar-refractivity contribution in [3.8, 4) is 29.3 Å². The van der Waals surface area contributed by atoms with Crippen LogP contribution >= 0.6 is 0 Å². The minimum absolute atomic E-state index is 0.136. The van der Waals surface area contributed by atoms with Gasteiger partial charge in [0.1, 0.15) is 23.5 Å². The molecule has 0 unspecified atom stereocenters. The van der Waals surface area contributed by atoms with Gasteiger partial charge in [0.05, 0.1) is 5.69 Å². The third-order valence-corrected chi connectivity index (χ3v) is 6.21. The van der Waals surface area contributed by atoms with Gasteiger partial charge >= 0.3 is 0 Å². The fourth-order valence-electron chi connectivity index (χ4n) is 4.56. The number of halogens is 1. The maximum absolute atomic E-state index is 13.4. The summed E-state index contributed by atoms with van der Waals surface area (Å²) in [6.07, 6.45) is 1.66. The molecule has 2 aromatic heterocycles. The highest BCUT2D eigenvalue weighted by Crippen LogP contribution is 2.40. The summed E-state index contributed by atoms with van der Waals surface area (Å²) in [6, 6.07) is 27.8. The number of rotatable bonds is 3. The molecule has 0 saturated carbocycles. The Bertz CT molecular complexity index is 1840. The minimum Gasteiger partial charge on any atom is -0.434 e. The van der Waals surface area contributed by atoms with E-state index in [1.807, 2.05) is 47.0 Å². The van der Waals surface area contributed by atoms with Crippen LogP contribution in [-0.4, -0.2) is 15.3 Å². The van der Waals surface area contributed by atoms with Crippen molar-refractivity contribution >= 4 is 28.7 Å². The number of fused-ring (bicyclic) bond motifs is 2. The van der Waals surface area contributed by atoms with Crippen molar-refractivity contribution < 1.29 is 13.6 Å².